The van der Waals surface area contributed by atoms with E-state index in [4.69, 9.17) is 0 Å². The van der Waals surface area contributed by atoms with Crippen molar-refractivity contribution in [3.63, 3.8) is 0 Å². The number of nitrogens with zero attached hydrogens (tertiary/aromatic N) is 1. The molecule has 0 aliphatic carbocycles. The highest BCUT2D eigenvalue weighted by molar-refractivity contribution is 5.30. The van der Waals surface area contributed by atoms with Crippen LogP contribution in [-0.2, 0) is 0 Å². The Bertz CT molecular complexity index is 411. The van der Waals surface area contributed by atoms with Crippen molar-refractivity contribution in [3.8, 4) is 0 Å². The first-order valence-corrected chi connectivity index (χ1v) is 7.29. The zero-order valence-corrected chi connectivity index (χ0v) is 12.2. The van der Waals surface area contributed by atoms with Gasteiger partial charge in [0.15, 0.2) is 0 Å². The predicted octanol–water partition coefficient (Wildman–Crippen LogP) is 3.13. The second kappa shape index (κ2) is 6.49. The summed E-state index contributed by atoms with van der Waals surface area (Å²) < 4.78 is 13.8. The molecule has 1 fully saturated rings. The summed E-state index contributed by atoms with van der Waals surface area (Å²) in [5.41, 5.74) is 1.97. The van der Waals surface area contributed by atoms with Gasteiger partial charge in [-0.2, -0.15) is 0 Å². The highest BCUT2D eigenvalue weighted by Gasteiger charge is 2.24. The van der Waals surface area contributed by atoms with Crippen molar-refractivity contribution >= 4 is 0 Å². The van der Waals surface area contributed by atoms with Crippen molar-refractivity contribution in [2.75, 3.05) is 26.2 Å². The van der Waals surface area contributed by atoms with E-state index in [1.54, 1.807) is 6.07 Å². The standard InChI is InChI=1S/C16H25FN2/c1-12(2)11-16(19-9-7-18-8-10-19)14-5-4-6-15(17)13(14)3/h4-6,12,16,18H,7-11H2,1-3H3/t16-/m1/s1. The van der Waals surface area contributed by atoms with Gasteiger partial charge in [0, 0.05) is 32.2 Å². The van der Waals surface area contributed by atoms with Crippen LogP contribution in [0.2, 0.25) is 0 Å². The van der Waals surface area contributed by atoms with Gasteiger partial charge in [-0.1, -0.05) is 26.0 Å². The summed E-state index contributed by atoms with van der Waals surface area (Å²) >= 11 is 0. The first kappa shape index (κ1) is 14.5. The number of hydrogen-bond donors (Lipinski definition) is 1. The molecule has 1 heterocycles. The van der Waals surface area contributed by atoms with Crippen molar-refractivity contribution in [2.24, 2.45) is 5.92 Å². The topological polar surface area (TPSA) is 15.3 Å². The molecule has 2 rings (SSSR count). The van der Waals surface area contributed by atoms with Gasteiger partial charge in [-0.25, -0.2) is 4.39 Å². The van der Waals surface area contributed by atoms with Gasteiger partial charge < -0.3 is 5.32 Å². The van der Waals surface area contributed by atoms with Gasteiger partial charge >= 0.3 is 0 Å². The van der Waals surface area contributed by atoms with Gasteiger partial charge in [-0.3, -0.25) is 4.90 Å². The summed E-state index contributed by atoms with van der Waals surface area (Å²) in [5.74, 6) is 0.531. The molecule has 2 nitrogen and oxygen atoms in total. The van der Waals surface area contributed by atoms with Crippen LogP contribution in [0, 0.1) is 18.7 Å². The summed E-state index contributed by atoms with van der Waals surface area (Å²) in [6, 6.07) is 5.83. The monoisotopic (exact) mass is 264 g/mol. The Morgan fingerprint density at radius 3 is 2.58 bits per heavy atom. The van der Waals surface area contributed by atoms with Crippen LogP contribution in [0.5, 0.6) is 0 Å². The highest BCUT2D eigenvalue weighted by Crippen LogP contribution is 2.31. The summed E-state index contributed by atoms with van der Waals surface area (Å²) in [6.45, 7) is 10.5. The molecule has 1 saturated heterocycles. The van der Waals surface area contributed by atoms with Gasteiger partial charge in [0.2, 0.25) is 0 Å². The zero-order chi connectivity index (χ0) is 13.8. The Kier molecular flexibility index (Phi) is 4.94. The van der Waals surface area contributed by atoms with Crippen molar-refractivity contribution in [2.45, 2.75) is 33.2 Å². The number of hydrogen-bond acceptors (Lipinski definition) is 2. The van der Waals surface area contributed by atoms with Crippen molar-refractivity contribution in [3.05, 3.63) is 35.1 Å². The molecule has 0 amide bonds. The average Bonchev–Trinajstić information content (AvgIpc) is 2.40. The molecule has 0 unspecified atom stereocenters. The summed E-state index contributed by atoms with van der Waals surface area (Å²) in [7, 11) is 0. The van der Waals surface area contributed by atoms with Gasteiger partial charge in [-0.05, 0) is 36.5 Å². The molecule has 1 aliphatic heterocycles. The van der Waals surface area contributed by atoms with Crippen LogP contribution in [0.25, 0.3) is 0 Å². The number of halogens is 1. The minimum Gasteiger partial charge on any atom is -0.314 e. The van der Waals surface area contributed by atoms with E-state index in [-0.39, 0.29) is 5.82 Å². The first-order chi connectivity index (χ1) is 9.09. The lowest BCUT2D eigenvalue weighted by molar-refractivity contribution is 0.153. The quantitative estimate of drug-likeness (QED) is 0.899. The van der Waals surface area contributed by atoms with Crippen LogP contribution < -0.4 is 5.32 Å². The molecular formula is C16H25FN2. The molecule has 0 saturated carbocycles. The fourth-order valence-corrected chi connectivity index (χ4v) is 2.90. The van der Waals surface area contributed by atoms with Gasteiger partial charge in [0.1, 0.15) is 5.82 Å². The molecule has 106 valence electrons. The Morgan fingerprint density at radius 2 is 1.95 bits per heavy atom. The fourth-order valence-electron chi connectivity index (χ4n) is 2.90. The van der Waals surface area contributed by atoms with E-state index in [2.05, 4.69) is 30.1 Å². The Hall–Kier alpha value is -0.930. The number of nitrogens with one attached hydrogen (secondary N) is 1. The smallest absolute Gasteiger partial charge is 0.126 e. The minimum atomic E-state index is -0.0820. The largest absolute Gasteiger partial charge is 0.314 e. The van der Waals surface area contributed by atoms with Crippen LogP contribution in [0.4, 0.5) is 4.39 Å². The van der Waals surface area contributed by atoms with E-state index < -0.39 is 0 Å². The summed E-state index contributed by atoms with van der Waals surface area (Å²) in [5, 5.41) is 3.38. The summed E-state index contributed by atoms with van der Waals surface area (Å²) in [6.07, 6.45) is 1.09. The molecule has 0 aromatic heterocycles. The number of rotatable bonds is 4. The predicted molar refractivity (Wildman–Crippen MR) is 77.8 cm³/mol. The molecule has 0 bridgehead atoms. The molecule has 1 atom stereocenters. The Labute approximate surface area is 116 Å². The lowest BCUT2D eigenvalue weighted by Crippen LogP contribution is -2.45. The SMILES string of the molecule is Cc1c(F)cccc1[C@@H](CC(C)C)N1CCNCC1. The lowest BCUT2D eigenvalue weighted by atomic mass is 9.92. The molecule has 1 aliphatic rings. The number of benzene rings is 1. The maximum atomic E-state index is 13.8. The van der Waals surface area contributed by atoms with Crippen LogP contribution in [0.1, 0.15) is 37.4 Å². The molecular weight excluding hydrogens is 239 g/mol. The molecule has 19 heavy (non-hydrogen) atoms. The van der Waals surface area contributed by atoms with Gasteiger partial charge in [0.25, 0.3) is 0 Å². The second-order valence-corrected chi connectivity index (χ2v) is 5.89. The molecule has 0 radical (unpaired) electrons. The second-order valence-electron chi connectivity index (χ2n) is 5.89. The van der Waals surface area contributed by atoms with Crippen LogP contribution in [0.15, 0.2) is 18.2 Å². The van der Waals surface area contributed by atoms with Crippen LogP contribution >= 0.6 is 0 Å². The maximum Gasteiger partial charge on any atom is 0.126 e. The third-order valence-corrected chi connectivity index (χ3v) is 3.96. The zero-order valence-electron chi connectivity index (χ0n) is 12.2. The third-order valence-electron chi connectivity index (χ3n) is 3.96. The van der Waals surface area contributed by atoms with Crippen molar-refractivity contribution in [1.29, 1.82) is 0 Å². The molecule has 1 N–H and O–H groups in total. The normalized spacial score (nSPS) is 18.8. The lowest BCUT2D eigenvalue weighted by Gasteiger charge is -2.37. The minimum absolute atomic E-state index is 0.0820. The van der Waals surface area contributed by atoms with Crippen LogP contribution in [0.3, 0.4) is 0 Å². The molecule has 3 heteroatoms. The van der Waals surface area contributed by atoms with E-state index in [0.29, 0.717) is 12.0 Å². The van der Waals surface area contributed by atoms with Gasteiger partial charge in [0.05, 0.1) is 0 Å². The van der Waals surface area contributed by atoms with Crippen LogP contribution in [-0.4, -0.2) is 31.1 Å². The molecule has 1 aromatic rings. The van der Waals surface area contributed by atoms with E-state index in [1.165, 1.54) is 0 Å². The molecule has 1 aromatic carbocycles. The van der Waals surface area contributed by atoms with E-state index in [1.807, 2.05) is 13.0 Å². The molecule has 0 spiro atoms. The Balaban J connectivity index is 2.27. The third kappa shape index (κ3) is 3.54. The van der Waals surface area contributed by atoms with E-state index >= 15 is 0 Å². The van der Waals surface area contributed by atoms with Crippen molar-refractivity contribution in [1.82, 2.24) is 10.2 Å². The maximum absolute atomic E-state index is 13.8. The highest BCUT2D eigenvalue weighted by atomic mass is 19.1. The first-order valence-electron chi connectivity index (χ1n) is 7.29. The van der Waals surface area contributed by atoms with E-state index in [0.717, 1.165) is 43.7 Å². The van der Waals surface area contributed by atoms with E-state index in [9.17, 15) is 4.39 Å². The Morgan fingerprint density at radius 1 is 1.26 bits per heavy atom. The van der Waals surface area contributed by atoms with Gasteiger partial charge in [-0.15, -0.1) is 0 Å². The summed E-state index contributed by atoms with van der Waals surface area (Å²) in [4.78, 5) is 2.50. The average molecular weight is 264 g/mol. The fraction of sp³-hybridized carbons (Fsp3) is 0.625. The van der Waals surface area contributed by atoms with Crippen molar-refractivity contribution < 1.29 is 4.39 Å². The number of piperazine rings is 1.